The van der Waals surface area contributed by atoms with Crippen molar-refractivity contribution in [1.82, 2.24) is 0 Å². The Morgan fingerprint density at radius 3 is 1.93 bits per heavy atom. The summed E-state index contributed by atoms with van der Waals surface area (Å²) < 4.78 is 18.4. The average Bonchev–Trinajstić information content (AvgIpc) is 2.12. The third-order valence-electron chi connectivity index (χ3n) is 3.12. The van der Waals surface area contributed by atoms with E-state index in [1.165, 1.54) is 0 Å². The molecule has 0 spiro atoms. The van der Waals surface area contributed by atoms with E-state index >= 15 is 0 Å². The third-order valence-corrected chi connectivity index (χ3v) is 3.77. The lowest BCUT2D eigenvalue weighted by molar-refractivity contribution is -0.492. The summed E-state index contributed by atoms with van der Waals surface area (Å²) in [6.07, 6.45) is 6.67. The van der Waals surface area contributed by atoms with Gasteiger partial charge < -0.3 is 14.2 Å². The van der Waals surface area contributed by atoms with Gasteiger partial charge in [0.15, 0.2) is 0 Å². The van der Waals surface area contributed by atoms with Gasteiger partial charge in [-0.05, 0) is 31.9 Å². The van der Waals surface area contributed by atoms with Crippen molar-refractivity contribution in [2.75, 3.05) is 0 Å². The normalized spacial score (nSPS) is 46.9. The van der Waals surface area contributed by atoms with Crippen LogP contribution in [0.4, 0.5) is 0 Å². The Kier molecular flexibility index (Phi) is 2.72. The van der Waals surface area contributed by atoms with Gasteiger partial charge in [0.25, 0.3) is 5.97 Å². The van der Waals surface area contributed by atoms with Crippen LogP contribution in [0.25, 0.3) is 0 Å². The molecule has 3 saturated heterocycles. The highest BCUT2D eigenvalue weighted by Crippen LogP contribution is 2.46. The Hall–Kier alpha value is 0.580. The zero-order valence-electron chi connectivity index (χ0n) is 8.12. The van der Waals surface area contributed by atoms with Gasteiger partial charge in [0, 0.05) is 25.7 Å². The second kappa shape index (κ2) is 3.81. The zero-order valence-corrected chi connectivity index (χ0v) is 11.3. The highest BCUT2D eigenvalue weighted by Gasteiger charge is 2.54. The Labute approximate surface area is 105 Å². The van der Waals surface area contributed by atoms with Gasteiger partial charge in [-0.1, -0.05) is 6.08 Å². The molecule has 84 valence electrons. The van der Waals surface area contributed by atoms with Gasteiger partial charge in [-0.2, -0.15) is 0 Å². The van der Waals surface area contributed by atoms with Gasteiger partial charge in [0.2, 0.25) is 0 Å². The maximum Gasteiger partial charge on any atom is 0.287 e. The molecule has 0 unspecified atom stereocenters. The van der Waals surface area contributed by atoms with Crippen LogP contribution in [0.5, 0.6) is 0 Å². The first kappa shape index (κ1) is 10.7. The largest absolute Gasteiger partial charge is 0.324 e. The molecule has 0 radical (unpaired) electrons. The topological polar surface area (TPSA) is 27.7 Å². The molecular weight excluding hydrogens is 328 g/mol. The van der Waals surface area contributed by atoms with Crippen LogP contribution in [0.3, 0.4) is 0 Å². The van der Waals surface area contributed by atoms with Crippen molar-refractivity contribution in [3.8, 4) is 0 Å². The molecule has 0 amide bonds. The van der Waals surface area contributed by atoms with Crippen molar-refractivity contribution < 1.29 is 14.2 Å². The summed E-state index contributed by atoms with van der Waals surface area (Å²) in [4.78, 5) is 0. The molecule has 4 bridgehead atoms. The summed E-state index contributed by atoms with van der Waals surface area (Å²) in [5.41, 5.74) is 0. The highest BCUT2D eigenvalue weighted by molar-refractivity contribution is 9.28. The van der Waals surface area contributed by atoms with Gasteiger partial charge in [-0.3, -0.25) is 0 Å². The first-order chi connectivity index (χ1) is 7.15. The number of rotatable bonds is 2. The molecule has 15 heavy (non-hydrogen) atoms. The van der Waals surface area contributed by atoms with Crippen LogP contribution in [0.1, 0.15) is 25.7 Å². The van der Waals surface area contributed by atoms with Crippen LogP contribution in [0, 0.1) is 0 Å². The highest BCUT2D eigenvalue weighted by atomic mass is 79.9. The van der Waals surface area contributed by atoms with Gasteiger partial charge >= 0.3 is 0 Å². The number of hydrogen-bond donors (Lipinski definition) is 0. The molecule has 3 heterocycles. The van der Waals surface area contributed by atoms with Crippen molar-refractivity contribution >= 4 is 31.9 Å². The summed E-state index contributed by atoms with van der Waals surface area (Å²) >= 11 is 6.65. The molecule has 3 aliphatic heterocycles. The van der Waals surface area contributed by atoms with Crippen molar-refractivity contribution in [2.24, 2.45) is 0 Å². The molecule has 0 atom stereocenters. The van der Waals surface area contributed by atoms with Gasteiger partial charge in [-0.15, -0.1) is 0 Å². The molecule has 5 heteroatoms. The van der Waals surface area contributed by atoms with E-state index in [0.29, 0.717) is 24.7 Å². The van der Waals surface area contributed by atoms with Crippen molar-refractivity contribution in [3.05, 3.63) is 9.47 Å². The van der Waals surface area contributed by atoms with E-state index in [1.807, 2.05) is 6.08 Å². The van der Waals surface area contributed by atoms with E-state index in [1.54, 1.807) is 0 Å². The first-order valence-electron chi connectivity index (χ1n) is 5.20. The summed E-state index contributed by atoms with van der Waals surface area (Å²) in [6, 6.07) is 0. The molecule has 0 aromatic rings. The molecular formula is C10H12Br2O3. The average molecular weight is 340 g/mol. The molecule has 0 aromatic carbocycles. The monoisotopic (exact) mass is 338 g/mol. The van der Waals surface area contributed by atoms with Crippen molar-refractivity contribution in [2.45, 2.75) is 50.0 Å². The predicted molar refractivity (Wildman–Crippen MR) is 61.8 cm³/mol. The Morgan fingerprint density at radius 1 is 1.07 bits per heavy atom. The van der Waals surface area contributed by atoms with E-state index in [4.69, 9.17) is 14.2 Å². The quantitative estimate of drug-likeness (QED) is 0.774. The lowest BCUT2D eigenvalue weighted by Crippen LogP contribution is -2.61. The molecule has 4 rings (SSSR count). The smallest absolute Gasteiger partial charge is 0.287 e. The minimum absolute atomic E-state index is 0.332. The van der Waals surface area contributed by atoms with Crippen molar-refractivity contribution in [1.29, 1.82) is 0 Å². The first-order valence-corrected chi connectivity index (χ1v) is 6.78. The second-order valence-corrected chi connectivity index (χ2v) is 7.08. The van der Waals surface area contributed by atoms with Gasteiger partial charge in [0.1, 0.15) is 0 Å². The lowest BCUT2D eigenvalue weighted by Gasteiger charge is -2.55. The number of hydrogen-bond acceptors (Lipinski definition) is 3. The van der Waals surface area contributed by atoms with Gasteiger partial charge in [-0.25, -0.2) is 0 Å². The molecule has 1 saturated carbocycles. The van der Waals surface area contributed by atoms with E-state index in [0.717, 1.165) is 22.7 Å². The standard InChI is InChI=1S/C10H12Br2O3/c11-9(12)1-2-10-13-6-3-7(14-10)5-8(4-6)15-10/h1,6-8H,2-5H2. The summed E-state index contributed by atoms with van der Waals surface area (Å²) in [6.45, 7) is 0. The lowest BCUT2D eigenvalue weighted by atomic mass is 9.89. The fourth-order valence-corrected chi connectivity index (χ4v) is 2.97. The van der Waals surface area contributed by atoms with E-state index in [-0.39, 0.29) is 0 Å². The van der Waals surface area contributed by atoms with Crippen LogP contribution < -0.4 is 0 Å². The fraction of sp³-hybridized carbons (Fsp3) is 0.800. The number of halogens is 2. The number of ether oxygens (including phenoxy) is 3. The summed E-state index contributed by atoms with van der Waals surface area (Å²) in [5.74, 6) is -0.804. The minimum Gasteiger partial charge on any atom is -0.324 e. The molecule has 3 nitrogen and oxygen atoms in total. The second-order valence-electron chi connectivity index (χ2n) is 4.31. The zero-order chi connectivity index (χ0) is 10.5. The molecule has 0 aromatic heterocycles. The molecule has 1 aliphatic carbocycles. The Morgan fingerprint density at radius 2 is 1.53 bits per heavy atom. The van der Waals surface area contributed by atoms with Crippen LogP contribution in [-0.2, 0) is 14.2 Å². The SMILES string of the molecule is BrC(Br)=CCC12OC3CC(CC(C3)O1)O2. The maximum atomic E-state index is 5.83. The van der Waals surface area contributed by atoms with E-state index < -0.39 is 5.97 Å². The predicted octanol–water partition coefficient (Wildman–Crippen LogP) is 3.03. The van der Waals surface area contributed by atoms with Gasteiger partial charge in [0.05, 0.1) is 21.7 Å². The molecule has 4 aliphatic rings. The fourth-order valence-electron chi connectivity index (χ4n) is 2.65. The Balaban J connectivity index is 1.78. The van der Waals surface area contributed by atoms with Crippen LogP contribution in [0.2, 0.25) is 0 Å². The molecule has 4 fully saturated rings. The Bertz CT molecular complexity index is 264. The third kappa shape index (κ3) is 2.05. The summed E-state index contributed by atoms with van der Waals surface area (Å²) in [7, 11) is 0. The maximum absolute atomic E-state index is 5.83. The minimum atomic E-state index is -0.804. The van der Waals surface area contributed by atoms with Crippen LogP contribution >= 0.6 is 31.9 Å². The van der Waals surface area contributed by atoms with Crippen molar-refractivity contribution in [3.63, 3.8) is 0 Å². The van der Waals surface area contributed by atoms with E-state index in [2.05, 4.69) is 31.9 Å². The van der Waals surface area contributed by atoms with Crippen LogP contribution in [-0.4, -0.2) is 24.3 Å². The summed E-state index contributed by atoms with van der Waals surface area (Å²) in [5, 5.41) is 0. The van der Waals surface area contributed by atoms with Crippen LogP contribution in [0.15, 0.2) is 9.47 Å². The van der Waals surface area contributed by atoms with E-state index in [9.17, 15) is 0 Å². The molecule has 0 N–H and O–H groups in total.